The third kappa shape index (κ3) is 4.65. The van der Waals surface area contributed by atoms with E-state index in [1.807, 2.05) is 24.3 Å². The second-order valence-electron chi connectivity index (χ2n) is 6.83. The van der Waals surface area contributed by atoms with Crippen LogP contribution in [0.5, 0.6) is 5.88 Å². The van der Waals surface area contributed by atoms with Crippen molar-refractivity contribution < 1.29 is 14.6 Å². The van der Waals surface area contributed by atoms with Crippen LogP contribution in [-0.2, 0) is 12.8 Å². The Hall–Kier alpha value is -3.89. The molecule has 0 fully saturated rings. The van der Waals surface area contributed by atoms with Gasteiger partial charge < -0.3 is 9.84 Å². The van der Waals surface area contributed by atoms with Gasteiger partial charge in [-0.25, -0.2) is 9.78 Å². The molecule has 0 saturated heterocycles. The van der Waals surface area contributed by atoms with Crippen molar-refractivity contribution in [3.8, 4) is 17.7 Å². The minimum Gasteiger partial charge on any atom is -0.481 e. The highest BCUT2D eigenvalue weighted by Crippen LogP contribution is 2.17. The average molecular weight is 430 g/mol. The lowest BCUT2D eigenvalue weighted by atomic mass is 10.0. The van der Waals surface area contributed by atoms with Crippen LogP contribution in [0.3, 0.4) is 0 Å². The summed E-state index contributed by atoms with van der Waals surface area (Å²) in [6.45, 7) is 0. The van der Waals surface area contributed by atoms with Crippen LogP contribution < -0.4 is 10.3 Å². The molecule has 0 aliphatic rings. The van der Waals surface area contributed by atoms with Crippen molar-refractivity contribution in [2.75, 3.05) is 7.11 Å². The number of pyridine rings is 2. The highest BCUT2D eigenvalue weighted by atomic mass is 32.1. The highest BCUT2D eigenvalue weighted by molar-refractivity contribution is 7.17. The van der Waals surface area contributed by atoms with Crippen LogP contribution in [0, 0.1) is 11.8 Å². The fraction of sp³-hybridized carbons (Fsp3) is 0.125. The largest absolute Gasteiger partial charge is 0.481 e. The molecular weight excluding hydrogens is 412 g/mol. The van der Waals surface area contributed by atoms with Crippen LogP contribution in [0.15, 0.2) is 65.7 Å². The van der Waals surface area contributed by atoms with E-state index in [2.05, 4.69) is 16.8 Å². The number of rotatable bonds is 5. The Bertz CT molecular complexity index is 1370. The van der Waals surface area contributed by atoms with Crippen molar-refractivity contribution >= 4 is 22.1 Å². The number of carboxylic acids is 1. The molecule has 0 aliphatic carbocycles. The molecule has 0 amide bonds. The molecule has 0 spiro atoms. The fourth-order valence-corrected chi connectivity index (χ4v) is 4.00. The molecule has 0 saturated carbocycles. The van der Waals surface area contributed by atoms with E-state index in [1.165, 1.54) is 11.3 Å². The van der Waals surface area contributed by atoms with E-state index in [4.69, 9.17) is 9.84 Å². The Morgan fingerprint density at radius 1 is 1.16 bits per heavy atom. The Labute approximate surface area is 182 Å². The summed E-state index contributed by atoms with van der Waals surface area (Å²) in [5.41, 5.74) is 2.66. The molecule has 0 atom stereocenters. The van der Waals surface area contributed by atoms with Gasteiger partial charge in [-0.15, -0.1) is 11.3 Å². The molecule has 6 nitrogen and oxygen atoms in total. The maximum absolute atomic E-state index is 12.9. The number of aromatic carboxylic acids is 1. The van der Waals surface area contributed by atoms with E-state index < -0.39 is 5.97 Å². The molecule has 4 aromatic rings. The number of ether oxygens (including phenoxy) is 1. The molecule has 0 unspecified atom stereocenters. The first-order valence-corrected chi connectivity index (χ1v) is 10.3. The lowest BCUT2D eigenvalue weighted by Crippen LogP contribution is -2.16. The van der Waals surface area contributed by atoms with Gasteiger partial charge in [-0.3, -0.25) is 9.20 Å². The zero-order chi connectivity index (χ0) is 21.8. The SMILES string of the molecule is COc1cc(CC#Cc2cn3c(=O)c(Cc4ccc(C(=O)O)cc4)ccc3s2)ccn1. The normalized spacial score (nSPS) is 10.5. The molecule has 0 bridgehead atoms. The first-order valence-electron chi connectivity index (χ1n) is 9.47. The summed E-state index contributed by atoms with van der Waals surface area (Å²) in [5.74, 6) is 5.84. The summed E-state index contributed by atoms with van der Waals surface area (Å²) in [6.07, 6.45) is 4.44. The number of benzene rings is 1. The monoisotopic (exact) mass is 430 g/mol. The van der Waals surface area contributed by atoms with Gasteiger partial charge in [-0.2, -0.15) is 0 Å². The molecule has 1 aromatic carbocycles. The van der Waals surface area contributed by atoms with Crippen LogP contribution in [0.2, 0.25) is 0 Å². The molecule has 3 aromatic heterocycles. The summed E-state index contributed by atoms with van der Waals surface area (Å²) in [5, 5.41) is 9.01. The Kier molecular flexibility index (Phi) is 5.83. The Balaban J connectivity index is 1.54. The van der Waals surface area contributed by atoms with Crippen LogP contribution in [0.1, 0.15) is 31.9 Å². The van der Waals surface area contributed by atoms with Crippen LogP contribution in [0.4, 0.5) is 0 Å². The van der Waals surface area contributed by atoms with Gasteiger partial charge in [-0.05, 0) is 35.4 Å². The highest BCUT2D eigenvalue weighted by Gasteiger charge is 2.09. The molecule has 7 heteroatoms. The zero-order valence-electron chi connectivity index (χ0n) is 16.7. The zero-order valence-corrected chi connectivity index (χ0v) is 17.5. The molecule has 31 heavy (non-hydrogen) atoms. The van der Waals surface area contributed by atoms with E-state index in [9.17, 15) is 9.59 Å². The van der Waals surface area contributed by atoms with Crippen LogP contribution in [-0.4, -0.2) is 27.6 Å². The number of methoxy groups -OCH3 is 1. The van der Waals surface area contributed by atoms with Crippen molar-refractivity contribution in [1.29, 1.82) is 0 Å². The minimum absolute atomic E-state index is 0.0945. The van der Waals surface area contributed by atoms with Crippen molar-refractivity contribution in [2.45, 2.75) is 12.8 Å². The molecule has 0 radical (unpaired) electrons. The van der Waals surface area contributed by atoms with Crippen molar-refractivity contribution in [2.24, 2.45) is 0 Å². The van der Waals surface area contributed by atoms with Crippen molar-refractivity contribution in [3.05, 3.63) is 98.4 Å². The summed E-state index contributed by atoms with van der Waals surface area (Å²) in [4.78, 5) is 29.6. The number of aromatic nitrogens is 2. The number of hydrogen-bond acceptors (Lipinski definition) is 5. The first kappa shape index (κ1) is 20.4. The van der Waals surface area contributed by atoms with E-state index >= 15 is 0 Å². The molecule has 0 aliphatic heterocycles. The van der Waals surface area contributed by atoms with Gasteiger partial charge in [-0.1, -0.05) is 30.0 Å². The van der Waals surface area contributed by atoms with E-state index in [1.54, 1.807) is 48.2 Å². The molecule has 3 heterocycles. The molecular formula is C24H18N2O4S. The maximum atomic E-state index is 12.9. The summed E-state index contributed by atoms with van der Waals surface area (Å²) in [7, 11) is 1.58. The summed E-state index contributed by atoms with van der Waals surface area (Å²) < 4.78 is 6.74. The van der Waals surface area contributed by atoms with Gasteiger partial charge in [0, 0.05) is 36.9 Å². The predicted molar refractivity (Wildman–Crippen MR) is 119 cm³/mol. The Morgan fingerprint density at radius 2 is 1.97 bits per heavy atom. The number of carbonyl (C=O) groups is 1. The van der Waals surface area contributed by atoms with Gasteiger partial charge >= 0.3 is 5.97 Å². The topological polar surface area (TPSA) is 80.9 Å². The smallest absolute Gasteiger partial charge is 0.335 e. The molecule has 1 N–H and O–H groups in total. The standard InChI is InChI=1S/C24H18N2O4S/c1-30-21-14-16(11-12-25-21)3-2-4-20-15-26-22(31-20)10-9-19(23(26)27)13-17-5-7-18(8-6-17)24(28)29/h5-12,14-15H,3,13H2,1H3,(H,28,29). The van der Waals surface area contributed by atoms with Gasteiger partial charge in [0.15, 0.2) is 0 Å². The number of hydrogen-bond donors (Lipinski definition) is 1. The maximum Gasteiger partial charge on any atom is 0.335 e. The predicted octanol–water partition coefficient (Wildman–Crippen LogP) is 3.65. The lowest BCUT2D eigenvalue weighted by molar-refractivity contribution is 0.0697. The van der Waals surface area contributed by atoms with E-state index in [0.29, 0.717) is 24.3 Å². The van der Waals surface area contributed by atoms with Gasteiger partial charge in [0.1, 0.15) is 4.83 Å². The fourth-order valence-electron chi connectivity index (χ4n) is 3.12. The lowest BCUT2D eigenvalue weighted by Gasteiger charge is -2.03. The van der Waals surface area contributed by atoms with E-state index in [-0.39, 0.29) is 11.1 Å². The minimum atomic E-state index is -0.969. The van der Waals surface area contributed by atoms with Crippen molar-refractivity contribution in [3.63, 3.8) is 0 Å². The second-order valence-corrected chi connectivity index (χ2v) is 7.89. The van der Waals surface area contributed by atoms with Gasteiger partial charge in [0.2, 0.25) is 5.88 Å². The number of thiazole rings is 1. The number of fused-ring (bicyclic) bond motifs is 1. The molecule has 154 valence electrons. The Morgan fingerprint density at radius 3 is 2.71 bits per heavy atom. The van der Waals surface area contributed by atoms with Gasteiger partial charge in [0.25, 0.3) is 5.56 Å². The van der Waals surface area contributed by atoms with Crippen LogP contribution in [0.25, 0.3) is 4.83 Å². The summed E-state index contributed by atoms with van der Waals surface area (Å²) >= 11 is 1.46. The van der Waals surface area contributed by atoms with E-state index in [0.717, 1.165) is 20.8 Å². The molecule has 4 rings (SSSR count). The third-order valence-corrected chi connectivity index (χ3v) is 5.70. The second kappa shape index (κ2) is 8.86. The first-order chi connectivity index (χ1) is 15.0. The number of carboxylic acid groups (broad SMARTS) is 1. The van der Waals surface area contributed by atoms with Gasteiger partial charge in [0.05, 0.1) is 17.6 Å². The average Bonchev–Trinajstić information content (AvgIpc) is 3.20. The van der Waals surface area contributed by atoms with Crippen LogP contribution >= 0.6 is 11.3 Å². The quantitative estimate of drug-likeness (QED) is 0.489. The third-order valence-electron chi connectivity index (χ3n) is 4.73. The van der Waals surface area contributed by atoms with Crippen molar-refractivity contribution in [1.82, 2.24) is 9.38 Å². The number of nitrogens with zero attached hydrogens (tertiary/aromatic N) is 2. The summed E-state index contributed by atoms with van der Waals surface area (Å²) in [6, 6.07) is 14.0.